The highest BCUT2D eigenvalue weighted by molar-refractivity contribution is 6.31. The van der Waals surface area contributed by atoms with Crippen molar-refractivity contribution < 1.29 is 4.74 Å². The van der Waals surface area contributed by atoms with Gasteiger partial charge in [0.1, 0.15) is 23.1 Å². The van der Waals surface area contributed by atoms with Crippen LogP contribution in [0.25, 0.3) is 0 Å². The van der Waals surface area contributed by atoms with Crippen LogP contribution >= 0.6 is 11.6 Å². The van der Waals surface area contributed by atoms with Crippen LogP contribution in [0, 0.1) is 11.3 Å². The molecule has 0 saturated carbocycles. The topological polar surface area (TPSA) is 57.1 Å². The van der Waals surface area contributed by atoms with E-state index < -0.39 is 0 Å². The highest BCUT2D eigenvalue weighted by atomic mass is 35.5. The number of halogens is 1. The molecule has 1 aliphatic rings. The van der Waals surface area contributed by atoms with Crippen molar-refractivity contribution in [2.75, 3.05) is 6.54 Å². The largest absolute Gasteiger partial charge is 0.456 e. The van der Waals surface area contributed by atoms with Gasteiger partial charge < -0.3 is 15.4 Å². The van der Waals surface area contributed by atoms with Gasteiger partial charge in [-0.1, -0.05) is 60.1 Å². The fourth-order valence-electron chi connectivity index (χ4n) is 3.73. The van der Waals surface area contributed by atoms with Crippen molar-refractivity contribution in [1.29, 1.82) is 5.26 Å². The van der Waals surface area contributed by atoms with Gasteiger partial charge in [0.25, 0.3) is 0 Å². The second kappa shape index (κ2) is 9.11. The van der Waals surface area contributed by atoms with E-state index in [1.807, 2.05) is 24.3 Å². The zero-order chi connectivity index (χ0) is 20.1. The Labute approximate surface area is 176 Å². The lowest BCUT2D eigenvalue weighted by atomic mass is 10.0. The number of hydrogen-bond acceptors (Lipinski definition) is 4. The number of nitrogens with zero attached hydrogens (tertiary/aromatic N) is 1. The predicted molar refractivity (Wildman–Crippen MR) is 115 cm³/mol. The highest BCUT2D eigenvalue weighted by Crippen LogP contribution is 2.30. The van der Waals surface area contributed by atoms with E-state index in [0.29, 0.717) is 34.2 Å². The van der Waals surface area contributed by atoms with Crippen LogP contribution in [-0.4, -0.2) is 12.6 Å². The SMILES string of the molecule is N#Cc1c(Cl)cccc1Oc1cccc(CN[C@H]2CCN[C@H]2c2ccccc2)c1. The summed E-state index contributed by atoms with van der Waals surface area (Å²) in [7, 11) is 0. The molecule has 0 spiro atoms. The fraction of sp³-hybridized carbons (Fsp3) is 0.208. The molecule has 146 valence electrons. The second-order valence-corrected chi connectivity index (χ2v) is 7.50. The number of nitriles is 1. The summed E-state index contributed by atoms with van der Waals surface area (Å²) in [6, 6.07) is 26.5. The van der Waals surface area contributed by atoms with Gasteiger partial charge in [0.05, 0.1) is 5.02 Å². The van der Waals surface area contributed by atoms with Gasteiger partial charge in [-0.15, -0.1) is 0 Å². The zero-order valence-corrected chi connectivity index (χ0v) is 16.7. The Morgan fingerprint density at radius 2 is 1.90 bits per heavy atom. The molecule has 3 aromatic rings. The lowest BCUT2D eigenvalue weighted by Gasteiger charge is -2.21. The molecule has 1 fully saturated rings. The first-order valence-corrected chi connectivity index (χ1v) is 10.1. The average molecular weight is 404 g/mol. The average Bonchev–Trinajstić information content (AvgIpc) is 3.22. The van der Waals surface area contributed by atoms with Gasteiger partial charge in [0, 0.05) is 18.6 Å². The Morgan fingerprint density at radius 1 is 1.07 bits per heavy atom. The summed E-state index contributed by atoms with van der Waals surface area (Å²) in [6.45, 7) is 1.75. The van der Waals surface area contributed by atoms with Crippen molar-refractivity contribution in [3.63, 3.8) is 0 Å². The first-order valence-electron chi connectivity index (χ1n) is 9.72. The molecule has 1 heterocycles. The maximum Gasteiger partial charge on any atom is 0.146 e. The second-order valence-electron chi connectivity index (χ2n) is 7.09. The van der Waals surface area contributed by atoms with E-state index in [1.165, 1.54) is 5.56 Å². The number of nitrogens with one attached hydrogen (secondary N) is 2. The summed E-state index contributed by atoms with van der Waals surface area (Å²) in [4.78, 5) is 0. The van der Waals surface area contributed by atoms with Crippen molar-refractivity contribution >= 4 is 11.6 Å². The van der Waals surface area contributed by atoms with Gasteiger partial charge in [0.15, 0.2) is 0 Å². The maximum atomic E-state index is 9.33. The highest BCUT2D eigenvalue weighted by Gasteiger charge is 2.27. The number of rotatable bonds is 6. The normalized spacial score (nSPS) is 18.3. The minimum atomic E-state index is 0.320. The van der Waals surface area contributed by atoms with Crippen molar-refractivity contribution in [2.45, 2.75) is 25.0 Å². The molecule has 2 N–H and O–H groups in total. The minimum absolute atomic E-state index is 0.320. The summed E-state index contributed by atoms with van der Waals surface area (Å²) in [6.07, 6.45) is 1.09. The predicted octanol–water partition coefficient (Wildman–Crippen LogP) is 5.20. The van der Waals surface area contributed by atoms with Gasteiger partial charge in [-0.3, -0.25) is 0 Å². The molecular weight excluding hydrogens is 382 g/mol. The van der Waals surface area contributed by atoms with E-state index in [-0.39, 0.29) is 0 Å². The molecule has 0 unspecified atom stereocenters. The first kappa shape index (κ1) is 19.5. The lowest BCUT2D eigenvalue weighted by molar-refractivity contribution is 0.458. The molecule has 0 aromatic heterocycles. The Morgan fingerprint density at radius 3 is 2.72 bits per heavy atom. The van der Waals surface area contributed by atoms with E-state index in [2.05, 4.69) is 47.0 Å². The fourth-order valence-corrected chi connectivity index (χ4v) is 3.93. The summed E-state index contributed by atoms with van der Waals surface area (Å²) >= 11 is 6.10. The third kappa shape index (κ3) is 4.60. The summed E-state index contributed by atoms with van der Waals surface area (Å²) in [5.74, 6) is 1.15. The maximum absolute atomic E-state index is 9.33. The van der Waals surface area contributed by atoms with Crippen molar-refractivity contribution in [3.8, 4) is 17.6 Å². The molecule has 0 aliphatic carbocycles. The summed E-state index contributed by atoms with van der Waals surface area (Å²) in [5, 5.41) is 17.0. The molecule has 3 aromatic carbocycles. The van der Waals surface area contributed by atoms with Crippen molar-refractivity contribution in [1.82, 2.24) is 10.6 Å². The third-order valence-electron chi connectivity index (χ3n) is 5.16. The van der Waals surface area contributed by atoms with Crippen LogP contribution < -0.4 is 15.4 Å². The number of ether oxygens (including phenoxy) is 1. The van der Waals surface area contributed by atoms with E-state index in [9.17, 15) is 5.26 Å². The molecular formula is C24H22ClN3O. The molecule has 5 heteroatoms. The van der Waals surface area contributed by atoms with Crippen LogP contribution in [0.4, 0.5) is 0 Å². The molecule has 1 aliphatic heterocycles. The zero-order valence-electron chi connectivity index (χ0n) is 15.9. The van der Waals surface area contributed by atoms with Gasteiger partial charge in [-0.25, -0.2) is 0 Å². The molecule has 0 bridgehead atoms. The number of hydrogen-bond donors (Lipinski definition) is 2. The van der Waals surface area contributed by atoms with E-state index >= 15 is 0 Å². The van der Waals surface area contributed by atoms with Crippen LogP contribution in [0.1, 0.15) is 29.2 Å². The van der Waals surface area contributed by atoms with Crippen LogP contribution in [-0.2, 0) is 6.54 Å². The molecule has 4 nitrogen and oxygen atoms in total. The van der Waals surface area contributed by atoms with E-state index in [1.54, 1.807) is 18.2 Å². The van der Waals surface area contributed by atoms with Crippen LogP contribution in [0.3, 0.4) is 0 Å². The lowest BCUT2D eigenvalue weighted by Crippen LogP contribution is -2.33. The monoisotopic (exact) mass is 403 g/mol. The van der Waals surface area contributed by atoms with Gasteiger partial charge >= 0.3 is 0 Å². The summed E-state index contributed by atoms with van der Waals surface area (Å²) in [5.41, 5.74) is 2.78. The quantitative estimate of drug-likeness (QED) is 0.594. The van der Waals surface area contributed by atoms with Crippen LogP contribution in [0.2, 0.25) is 5.02 Å². The Hall–Kier alpha value is -2.84. The smallest absolute Gasteiger partial charge is 0.146 e. The van der Waals surface area contributed by atoms with Gasteiger partial charge in [-0.05, 0) is 48.4 Å². The molecule has 0 radical (unpaired) electrons. The third-order valence-corrected chi connectivity index (χ3v) is 5.48. The van der Waals surface area contributed by atoms with Gasteiger partial charge in [0.2, 0.25) is 0 Å². The Bertz CT molecular complexity index is 1020. The first-order chi connectivity index (χ1) is 14.2. The van der Waals surface area contributed by atoms with Gasteiger partial charge in [-0.2, -0.15) is 5.26 Å². The minimum Gasteiger partial charge on any atom is -0.456 e. The standard InChI is InChI=1S/C24H22ClN3O/c25-21-10-5-11-23(20(21)15-26)29-19-9-4-6-17(14-19)16-28-22-12-13-27-24(22)18-7-2-1-3-8-18/h1-11,14,22,24,27-28H,12-13,16H2/t22-,24-/m0/s1. The van der Waals surface area contributed by atoms with Crippen LogP contribution in [0.5, 0.6) is 11.5 Å². The molecule has 1 saturated heterocycles. The number of benzene rings is 3. The Balaban J connectivity index is 1.43. The summed E-state index contributed by atoms with van der Waals surface area (Å²) < 4.78 is 5.94. The van der Waals surface area contributed by atoms with E-state index in [0.717, 1.165) is 25.1 Å². The van der Waals surface area contributed by atoms with Crippen LogP contribution in [0.15, 0.2) is 72.8 Å². The molecule has 2 atom stereocenters. The van der Waals surface area contributed by atoms with Crippen molar-refractivity contribution in [2.24, 2.45) is 0 Å². The molecule has 0 amide bonds. The Kier molecular flexibility index (Phi) is 6.12. The molecule has 29 heavy (non-hydrogen) atoms. The van der Waals surface area contributed by atoms with Crippen molar-refractivity contribution in [3.05, 3.63) is 94.5 Å². The van der Waals surface area contributed by atoms with E-state index in [4.69, 9.17) is 16.3 Å². The molecule has 4 rings (SSSR count).